The highest BCUT2D eigenvalue weighted by molar-refractivity contribution is 7.47. The third-order valence-corrected chi connectivity index (χ3v) is 13.6. The van der Waals surface area contributed by atoms with Crippen molar-refractivity contribution in [3.05, 3.63) is 36.5 Å². The zero-order valence-corrected chi connectivity index (χ0v) is 45.3. The molecule has 1 amide bonds. The molecule has 0 fully saturated rings. The molecule has 0 aromatic heterocycles. The molecule has 3 unspecified atom stereocenters. The van der Waals surface area contributed by atoms with Crippen LogP contribution < -0.4 is 5.32 Å². The molecule has 0 aromatic rings. The lowest BCUT2D eigenvalue weighted by Gasteiger charge is -2.18. The van der Waals surface area contributed by atoms with E-state index in [1.54, 1.807) is 0 Å². The molecule has 0 heterocycles. The van der Waals surface area contributed by atoms with Gasteiger partial charge < -0.3 is 25.2 Å². The third kappa shape index (κ3) is 51.9. The number of aliphatic carboxylic acids is 1. The number of hydrogen-bond donors (Lipinski definition) is 4. The van der Waals surface area contributed by atoms with Crippen LogP contribution in [0.25, 0.3) is 0 Å². The maximum atomic E-state index is 12.4. The van der Waals surface area contributed by atoms with Crippen LogP contribution in [0.3, 0.4) is 0 Å². The van der Waals surface area contributed by atoms with E-state index < -0.39 is 57.6 Å². The number of carboxylic acids is 1. The number of amides is 1. The molecule has 0 rings (SSSR count). The predicted molar refractivity (Wildman–Crippen MR) is 286 cm³/mol. The van der Waals surface area contributed by atoms with Crippen molar-refractivity contribution in [3.8, 4) is 0 Å². The highest BCUT2D eigenvalue weighted by atomic mass is 31.2. The van der Waals surface area contributed by atoms with Crippen molar-refractivity contribution < 1.29 is 47.8 Å². The van der Waals surface area contributed by atoms with E-state index in [1.165, 1.54) is 180 Å². The maximum absolute atomic E-state index is 12.4. The SMILES string of the molecule is CCCCC/C=C\C/C=C\C/C=C\CCCCCCCCCCCCC(=O)OCC(O)COP(=O)(O)OCC(NC(=O)CCCCCCCCCCCCCCCCCCCCCCCC)C(=O)O. The minimum atomic E-state index is -4.76. The van der Waals surface area contributed by atoms with E-state index >= 15 is 0 Å². The zero-order chi connectivity index (χ0) is 50.6. The van der Waals surface area contributed by atoms with Gasteiger partial charge in [0.15, 0.2) is 6.04 Å². The fourth-order valence-electron chi connectivity index (χ4n) is 8.27. The quantitative estimate of drug-likeness (QED) is 0.0199. The van der Waals surface area contributed by atoms with Crippen LogP contribution in [0.1, 0.15) is 277 Å². The summed E-state index contributed by atoms with van der Waals surface area (Å²) >= 11 is 0. The van der Waals surface area contributed by atoms with Gasteiger partial charge in [-0.2, -0.15) is 0 Å². The topological polar surface area (TPSA) is 169 Å². The predicted octanol–water partition coefficient (Wildman–Crippen LogP) is 16.3. The number of nitrogens with one attached hydrogen (secondary N) is 1. The van der Waals surface area contributed by atoms with E-state index in [2.05, 4.69) is 55.6 Å². The number of carbonyl (C=O) groups is 3. The van der Waals surface area contributed by atoms with Crippen molar-refractivity contribution in [3.63, 3.8) is 0 Å². The largest absolute Gasteiger partial charge is 0.480 e. The van der Waals surface area contributed by atoms with Gasteiger partial charge >= 0.3 is 19.8 Å². The normalized spacial score (nSPS) is 13.7. The summed E-state index contributed by atoms with van der Waals surface area (Å²) in [7, 11) is -4.76. The molecular formula is C57H106NO10P. The van der Waals surface area contributed by atoms with Gasteiger partial charge in [0.25, 0.3) is 0 Å². The van der Waals surface area contributed by atoms with Gasteiger partial charge in [-0.25, -0.2) is 9.36 Å². The second-order valence-corrected chi connectivity index (χ2v) is 20.9. The average molecular weight is 996 g/mol. The van der Waals surface area contributed by atoms with Crippen molar-refractivity contribution in [1.29, 1.82) is 0 Å². The number of ether oxygens (including phenoxy) is 1. The molecule has 0 saturated carbocycles. The Morgan fingerprint density at radius 3 is 1.22 bits per heavy atom. The van der Waals surface area contributed by atoms with Gasteiger partial charge in [0, 0.05) is 12.8 Å². The molecule has 3 atom stereocenters. The summed E-state index contributed by atoms with van der Waals surface area (Å²) in [5.41, 5.74) is 0. The highest BCUT2D eigenvalue weighted by Gasteiger charge is 2.28. The van der Waals surface area contributed by atoms with E-state index in [4.69, 9.17) is 13.8 Å². The first-order valence-electron chi connectivity index (χ1n) is 28.5. The van der Waals surface area contributed by atoms with E-state index in [0.717, 1.165) is 57.8 Å². The van der Waals surface area contributed by atoms with Crippen molar-refractivity contribution >= 4 is 25.7 Å². The standard InChI is InChI=1S/C57H106NO10P/c1-3-5-7-9-11-13-15-17-19-21-23-25-27-29-31-33-35-37-39-41-43-45-47-49-56(61)66-50-53(59)51-67-69(64,65)68-52-54(57(62)63)58-55(60)48-46-44-42-40-38-36-34-32-30-28-26-24-22-20-18-16-14-12-10-8-6-4-2/h11,13,17,19,23,25,53-54,59H,3-10,12,14-16,18,20-22,24,26-52H2,1-2H3,(H,58,60)(H,62,63)(H,64,65)/b13-11-,19-17-,25-23-. The number of allylic oxidation sites excluding steroid dienone is 6. The number of phosphoric ester groups is 1. The average Bonchev–Trinajstić information content (AvgIpc) is 3.33. The molecule has 0 aliphatic heterocycles. The summed E-state index contributed by atoms with van der Waals surface area (Å²) in [4.78, 5) is 46.3. The van der Waals surface area contributed by atoms with Crippen LogP contribution in [-0.4, -0.2) is 64.9 Å². The zero-order valence-electron chi connectivity index (χ0n) is 44.4. The summed E-state index contributed by atoms with van der Waals surface area (Å²) in [5.74, 6) is -2.36. The number of aliphatic hydroxyl groups excluding tert-OH is 1. The van der Waals surface area contributed by atoms with Gasteiger partial charge in [-0.15, -0.1) is 0 Å². The second-order valence-electron chi connectivity index (χ2n) is 19.5. The van der Waals surface area contributed by atoms with E-state index in [-0.39, 0.29) is 12.8 Å². The smallest absolute Gasteiger partial charge is 0.472 e. The lowest BCUT2D eigenvalue weighted by Crippen LogP contribution is -2.43. The van der Waals surface area contributed by atoms with E-state index in [1.807, 2.05) is 0 Å². The van der Waals surface area contributed by atoms with Crippen LogP contribution in [0.15, 0.2) is 36.5 Å². The molecule has 0 aliphatic rings. The van der Waals surface area contributed by atoms with Gasteiger partial charge in [0.2, 0.25) is 5.91 Å². The molecule has 0 aliphatic carbocycles. The van der Waals surface area contributed by atoms with Crippen molar-refractivity contribution in [2.75, 3.05) is 19.8 Å². The molecule has 69 heavy (non-hydrogen) atoms. The molecule has 4 N–H and O–H groups in total. The van der Waals surface area contributed by atoms with Crippen LogP contribution in [0.2, 0.25) is 0 Å². The number of unbranched alkanes of at least 4 members (excludes halogenated alkanes) is 34. The van der Waals surface area contributed by atoms with Crippen molar-refractivity contribution in [2.24, 2.45) is 0 Å². The minimum Gasteiger partial charge on any atom is -0.480 e. The summed E-state index contributed by atoms with van der Waals surface area (Å²) in [5, 5.41) is 22.0. The molecular weight excluding hydrogens is 890 g/mol. The Morgan fingerprint density at radius 2 is 0.797 bits per heavy atom. The molecule has 404 valence electrons. The Hall–Kier alpha value is -2.30. The monoisotopic (exact) mass is 996 g/mol. The molecule has 0 radical (unpaired) electrons. The first-order chi connectivity index (χ1) is 33.6. The van der Waals surface area contributed by atoms with Gasteiger partial charge in [-0.05, 0) is 51.4 Å². The van der Waals surface area contributed by atoms with Crippen LogP contribution >= 0.6 is 7.82 Å². The van der Waals surface area contributed by atoms with Crippen molar-refractivity contribution in [2.45, 2.75) is 289 Å². The Morgan fingerprint density at radius 1 is 0.464 bits per heavy atom. The molecule has 0 spiro atoms. The maximum Gasteiger partial charge on any atom is 0.472 e. The van der Waals surface area contributed by atoms with Gasteiger partial charge in [-0.1, -0.05) is 249 Å². The fourth-order valence-corrected chi connectivity index (χ4v) is 9.04. The van der Waals surface area contributed by atoms with Crippen LogP contribution in [-0.2, 0) is 32.7 Å². The summed E-state index contributed by atoms with van der Waals surface area (Å²) in [6, 6.07) is -1.55. The molecule has 12 heteroatoms. The molecule has 0 aromatic carbocycles. The number of rotatable bonds is 54. The Labute approximate surface area is 422 Å². The second kappa shape index (κ2) is 52.0. The van der Waals surface area contributed by atoms with E-state index in [9.17, 15) is 34.1 Å². The first-order valence-corrected chi connectivity index (χ1v) is 30.0. The lowest BCUT2D eigenvalue weighted by atomic mass is 10.0. The molecule has 0 saturated heterocycles. The summed E-state index contributed by atoms with van der Waals surface area (Å²) in [6.07, 6.45) is 60.2. The number of esters is 1. The van der Waals surface area contributed by atoms with Gasteiger partial charge in [0.05, 0.1) is 13.2 Å². The van der Waals surface area contributed by atoms with Gasteiger partial charge in [0.1, 0.15) is 12.7 Å². The first kappa shape index (κ1) is 66.7. The Kier molecular flexibility index (Phi) is 50.3. The molecule has 11 nitrogen and oxygen atoms in total. The highest BCUT2D eigenvalue weighted by Crippen LogP contribution is 2.43. The third-order valence-electron chi connectivity index (χ3n) is 12.7. The summed E-state index contributed by atoms with van der Waals surface area (Å²) < 4.78 is 27.0. The Balaban J connectivity index is 3.76. The number of hydrogen-bond acceptors (Lipinski definition) is 8. The van der Waals surface area contributed by atoms with Crippen LogP contribution in [0, 0.1) is 0 Å². The van der Waals surface area contributed by atoms with Crippen LogP contribution in [0.5, 0.6) is 0 Å². The summed E-state index contributed by atoms with van der Waals surface area (Å²) in [6.45, 7) is 2.62. The number of aliphatic hydroxyl groups is 1. The minimum absolute atomic E-state index is 0.150. The van der Waals surface area contributed by atoms with Crippen molar-refractivity contribution in [1.82, 2.24) is 5.32 Å². The Bertz CT molecular complexity index is 1310. The van der Waals surface area contributed by atoms with Gasteiger partial charge in [-0.3, -0.25) is 18.6 Å². The fraction of sp³-hybridized carbons (Fsp3) is 0.842. The van der Waals surface area contributed by atoms with E-state index in [0.29, 0.717) is 12.8 Å². The number of carboxylic acid groups (broad SMARTS) is 1. The lowest BCUT2D eigenvalue weighted by molar-refractivity contribution is -0.147. The molecule has 0 bridgehead atoms. The van der Waals surface area contributed by atoms with Crippen LogP contribution in [0.4, 0.5) is 0 Å². The number of phosphoric acid groups is 1. The number of carbonyl (C=O) groups excluding carboxylic acids is 2.